The Balaban J connectivity index is 1.89. The van der Waals surface area contributed by atoms with Crippen LogP contribution in [0.15, 0.2) is 54.6 Å². The number of hydrogen-bond acceptors (Lipinski definition) is 3. The number of carbonyl (C=O) groups is 1. The fourth-order valence-electron chi connectivity index (χ4n) is 3.68. The molecule has 138 valence electrons. The fourth-order valence-corrected chi connectivity index (χ4v) is 3.68. The number of benzene rings is 2. The number of amides is 1. The summed E-state index contributed by atoms with van der Waals surface area (Å²) >= 11 is 0. The van der Waals surface area contributed by atoms with Crippen molar-refractivity contribution in [3.63, 3.8) is 0 Å². The van der Waals surface area contributed by atoms with Gasteiger partial charge in [-0.05, 0) is 42.5 Å². The normalized spacial score (nSPS) is 26.0. The van der Waals surface area contributed by atoms with Gasteiger partial charge in [0.15, 0.2) is 0 Å². The molecule has 0 saturated carbocycles. The molecule has 2 aromatic carbocycles. The van der Waals surface area contributed by atoms with Gasteiger partial charge in [0.2, 0.25) is 5.91 Å². The average molecular weight is 353 g/mol. The standard InChI is InChI=1S/C22H27NO3/c1-16-13-21(24)23(15-18-7-5-4-6-8-18)20(22(16,2)25)14-17-9-11-19(26-3)12-10-17/h4-12,16,20,25H,13-15H2,1-3H3. The van der Waals surface area contributed by atoms with Crippen LogP contribution in [-0.4, -0.2) is 34.7 Å². The van der Waals surface area contributed by atoms with Crippen LogP contribution >= 0.6 is 0 Å². The van der Waals surface area contributed by atoms with Crippen LogP contribution < -0.4 is 4.74 Å². The van der Waals surface area contributed by atoms with Gasteiger partial charge < -0.3 is 14.7 Å². The molecular formula is C22H27NO3. The van der Waals surface area contributed by atoms with Gasteiger partial charge in [0, 0.05) is 13.0 Å². The van der Waals surface area contributed by atoms with Gasteiger partial charge in [-0.25, -0.2) is 0 Å². The highest BCUT2D eigenvalue weighted by atomic mass is 16.5. The summed E-state index contributed by atoms with van der Waals surface area (Å²) in [5, 5.41) is 11.2. The van der Waals surface area contributed by atoms with Crippen molar-refractivity contribution in [1.82, 2.24) is 4.90 Å². The number of likely N-dealkylation sites (tertiary alicyclic amines) is 1. The van der Waals surface area contributed by atoms with Gasteiger partial charge in [-0.15, -0.1) is 0 Å². The lowest BCUT2D eigenvalue weighted by Crippen LogP contribution is -2.61. The first-order valence-corrected chi connectivity index (χ1v) is 9.10. The van der Waals surface area contributed by atoms with E-state index >= 15 is 0 Å². The molecular weight excluding hydrogens is 326 g/mol. The third-order valence-electron chi connectivity index (χ3n) is 5.63. The molecule has 0 radical (unpaired) electrons. The number of methoxy groups -OCH3 is 1. The second-order valence-electron chi connectivity index (χ2n) is 7.41. The van der Waals surface area contributed by atoms with Crippen LogP contribution in [0.1, 0.15) is 31.4 Å². The molecule has 0 aromatic heterocycles. The molecule has 1 aliphatic heterocycles. The van der Waals surface area contributed by atoms with E-state index < -0.39 is 5.60 Å². The number of aliphatic hydroxyl groups is 1. The Kier molecular flexibility index (Phi) is 5.33. The van der Waals surface area contributed by atoms with Crippen LogP contribution in [0.25, 0.3) is 0 Å². The summed E-state index contributed by atoms with van der Waals surface area (Å²) in [6.07, 6.45) is 0.985. The molecule has 1 saturated heterocycles. The van der Waals surface area contributed by atoms with Crippen LogP contribution in [0.4, 0.5) is 0 Å². The van der Waals surface area contributed by atoms with E-state index in [1.165, 1.54) is 0 Å². The zero-order valence-electron chi connectivity index (χ0n) is 15.7. The minimum Gasteiger partial charge on any atom is -0.497 e. The van der Waals surface area contributed by atoms with Crippen LogP contribution in [0.3, 0.4) is 0 Å². The molecule has 1 fully saturated rings. The van der Waals surface area contributed by atoms with E-state index in [0.29, 0.717) is 19.4 Å². The molecule has 0 spiro atoms. The van der Waals surface area contributed by atoms with Crippen molar-refractivity contribution in [3.8, 4) is 5.75 Å². The number of ether oxygens (including phenoxy) is 1. The predicted octanol–water partition coefficient (Wildman–Crippen LogP) is 3.43. The van der Waals surface area contributed by atoms with E-state index in [9.17, 15) is 9.90 Å². The Labute approximate surface area is 155 Å². The highest BCUT2D eigenvalue weighted by Crippen LogP contribution is 2.36. The predicted molar refractivity (Wildman–Crippen MR) is 102 cm³/mol. The monoisotopic (exact) mass is 353 g/mol. The second-order valence-corrected chi connectivity index (χ2v) is 7.41. The minimum absolute atomic E-state index is 0.0785. The summed E-state index contributed by atoms with van der Waals surface area (Å²) in [5.41, 5.74) is 1.21. The highest BCUT2D eigenvalue weighted by Gasteiger charge is 2.47. The molecule has 26 heavy (non-hydrogen) atoms. The molecule has 0 bridgehead atoms. The van der Waals surface area contributed by atoms with Gasteiger partial charge in [-0.3, -0.25) is 4.79 Å². The topological polar surface area (TPSA) is 49.8 Å². The van der Waals surface area contributed by atoms with Crippen molar-refractivity contribution in [3.05, 3.63) is 65.7 Å². The quantitative estimate of drug-likeness (QED) is 0.896. The van der Waals surface area contributed by atoms with Gasteiger partial charge in [0.1, 0.15) is 5.75 Å². The maximum Gasteiger partial charge on any atom is 0.223 e. The van der Waals surface area contributed by atoms with Gasteiger partial charge in [-0.2, -0.15) is 0 Å². The maximum atomic E-state index is 12.8. The molecule has 1 aliphatic rings. The van der Waals surface area contributed by atoms with Gasteiger partial charge in [0.05, 0.1) is 18.8 Å². The number of piperidine rings is 1. The number of hydrogen-bond donors (Lipinski definition) is 1. The van der Waals surface area contributed by atoms with Crippen LogP contribution in [0.2, 0.25) is 0 Å². The summed E-state index contributed by atoms with van der Waals surface area (Å²) < 4.78 is 5.22. The van der Waals surface area contributed by atoms with Crippen molar-refractivity contribution >= 4 is 5.91 Å². The zero-order chi connectivity index (χ0) is 18.7. The smallest absolute Gasteiger partial charge is 0.223 e. The summed E-state index contributed by atoms with van der Waals surface area (Å²) in [7, 11) is 1.64. The molecule has 4 heteroatoms. The Morgan fingerprint density at radius 2 is 1.77 bits per heavy atom. The summed E-state index contributed by atoms with van der Waals surface area (Å²) in [5.74, 6) is 0.825. The number of rotatable bonds is 5. The van der Waals surface area contributed by atoms with E-state index in [0.717, 1.165) is 16.9 Å². The van der Waals surface area contributed by atoms with Crippen LogP contribution in [0.5, 0.6) is 5.75 Å². The molecule has 1 amide bonds. The van der Waals surface area contributed by atoms with Crippen molar-refractivity contribution < 1.29 is 14.6 Å². The van der Waals surface area contributed by atoms with Gasteiger partial charge in [-0.1, -0.05) is 49.4 Å². The van der Waals surface area contributed by atoms with E-state index in [1.807, 2.05) is 73.3 Å². The Hall–Kier alpha value is -2.33. The average Bonchev–Trinajstić information content (AvgIpc) is 2.64. The van der Waals surface area contributed by atoms with E-state index in [1.54, 1.807) is 7.11 Å². The Morgan fingerprint density at radius 1 is 1.12 bits per heavy atom. The van der Waals surface area contributed by atoms with Crippen molar-refractivity contribution in [2.75, 3.05) is 7.11 Å². The fraction of sp³-hybridized carbons (Fsp3) is 0.409. The molecule has 0 aliphatic carbocycles. The zero-order valence-corrected chi connectivity index (χ0v) is 15.7. The molecule has 1 heterocycles. The first-order chi connectivity index (χ1) is 12.4. The minimum atomic E-state index is -0.942. The van der Waals surface area contributed by atoms with Crippen LogP contribution in [-0.2, 0) is 17.8 Å². The first-order valence-electron chi connectivity index (χ1n) is 9.10. The summed E-state index contributed by atoms with van der Waals surface area (Å²) in [6, 6.07) is 17.5. The first kappa shape index (κ1) is 18.5. The van der Waals surface area contributed by atoms with E-state index in [4.69, 9.17) is 4.74 Å². The summed E-state index contributed by atoms with van der Waals surface area (Å²) in [4.78, 5) is 14.6. The lowest BCUT2D eigenvalue weighted by Gasteiger charge is -2.49. The number of carbonyl (C=O) groups excluding carboxylic acids is 1. The third kappa shape index (κ3) is 3.75. The van der Waals surface area contributed by atoms with Crippen molar-refractivity contribution in [1.29, 1.82) is 0 Å². The second kappa shape index (κ2) is 7.50. The third-order valence-corrected chi connectivity index (χ3v) is 5.63. The van der Waals surface area contributed by atoms with Crippen molar-refractivity contribution in [2.24, 2.45) is 5.92 Å². The summed E-state index contributed by atoms with van der Waals surface area (Å²) in [6.45, 7) is 4.33. The number of nitrogens with zero attached hydrogens (tertiary/aromatic N) is 1. The lowest BCUT2D eigenvalue weighted by molar-refractivity contribution is -0.160. The van der Waals surface area contributed by atoms with Gasteiger partial charge in [0.25, 0.3) is 0 Å². The molecule has 3 rings (SSSR count). The van der Waals surface area contributed by atoms with E-state index in [2.05, 4.69) is 0 Å². The Bertz CT molecular complexity index is 740. The van der Waals surface area contributed by atoms with E-state index in [-0.39, 0.29) is 17.9 Å². The molecule has 4 nitrogen and oxygen atoms in total. The maximum absolute atomic E-state index is 12.8. The van der Waals surface area contributed by atoms with Gasteiger partial charge >= 0.3 is 0 Å². The SMILES string of the molecule is COc1ccc(CC2N(Cc3ccccc3)C(=O)CC(C)C2(C)O)cc1. The van der Waals surface area contributed by atoms with Crippen LogP contribution in [0, 0.1) is 5.92 Å². The Morgan fingerprint density at radius 3 is 2.38 bits per heavy atom. The largest absolute Gasteiger partial charge is 0.497 e. The lowest BCUT2D eigenvalue weighted by atomic mass is 9.75. The molecule has 3 atom stereocenters. The highest BCUT2D eigenvalue weighted by molar-refractivity contribution is 5.78. The molecule has 3 unspecified atom stereocenters. The molecule has 1 N–H and O–H groups in total. The molecule has 2 aromatic rings. The van der Waals surface area contributed by atoms with Crippen molar-refractivity contribution in [2.45, 2.75) is 44.9 Å².